The van der Waals surface area contributed by atoms with Crippen molar-refractivity contribution in [3.63, 3.8) is 0 Å². The Morgan fingerprint density at radius 3 is 2.88 bits per heavy atom. The van der Waals surface area contributed by atoms with Gasteiger partial charge < -0.3 is 14.8 Å². The van der Waals surface area contributed by atoms with Crippen molar-refractivity contribution in [3.05, 3.63) is 70.1 Å². The number of carbonyl (C=O) groups excluding carboxylic acids is 1. The highest BCUT2D eigenvalue weighted by molar-refractivity contribution is 8.00. The smallest absolute Gasteiger partial charge is 0.272 e. The molecule has 1 N–H and O–H groups in total. The van der Waals surface area contributed by atoms with Gasteiger partial charge in [0.15, 0.2) is 16.7 Å². The molecule has 0 spiro atoms. The van der Waals surface area contributed by atoms with E-state index in [0.717, 1.165) is 23.4 Å². The van der Waals surface area contributed by atoms with E-state index in [-0.39, 0.29) is 24.0 Å². The summed E-state index contributed by atoms with van der Waals surface area (Å²) in [5.74, 6) is 1.42. The van der Waals surface area contributed by atoms with Gasteiger partial charge in [0.2, 0.25) is 12.7 Å². The quantitative estimate of drug-likeness (QED) is 0.439. The number of para-hydroxylation sites is 1. The van der Waals surface area contributed by atoms with Crippen LogP contribution >= 0.6 is 23.5 Å². The van der Waals surface area contributed by atoms with Crippen LogP contribution in [0.3, 0.4) is 0 Å². The fraction of sp³-hybridized carbons (Fsp3) is 0.261. The normalized spacial score (nSPS) is 16.1. The Balaban J connectivity index is 1.31. The lowest BCUT2D eigenvalue weighted by molar-refractivity contribution is -0.118. The summed E-state index contributed by atoms with van der Waals surface area (Å²) in [5.41, 5.74) is 2.42. The second-order valence-electron chi connectivity index (χ2n) is 7.53. The number of carbonyl (C=O) groups is 1. The van der Waals surface area contributed by atoms with Crippen molar-refractivity contribution in [2.24, 2.45) is 0 Å². The number of benzene rings is 2. The number of fused-ring (bicyclic) bond motifs is 2. The number of hydrogen-bond acceptors (Lipinski definition) is 7. The zero-order valence-electron chi connectivity index (χ0n) is 17.4. The maximum absolute atomic E-state index is 13.2. The first-order valence-corrected chi connectivity index (χ1v) is 12.1. The summed E-state index contributed by atoms with van der Waals surface area (Å²) in [6.07, 6.45) is 0.759. The molecule has 3 heterocycles. The number of nitrogens with one attached hydrogen (secondary N) is 1. The van der Waals surface area contributed by atoms with Gasteiger partial charge in [-0.3, -0.25) is 14.2 Å². The van der Waals surface area contributed by atoms with Gasteiger partial charge in [-0.25, -0.2) is 4.98 Å². The van der Waals surface area contributed by atoms with Crippen LogP contribution in [-0.2, 0) is 17.8 Å². The molecule has 3 aromatic rings. The Morgan fingerprint density at radius 1 is 1.22 bits per heavy atom. The van der Waals surface area contributed by atoms with Crippen LogP contribution in [0, 0.1) is 0 Å². The first-order chi connectivity index (χ1) is 15.6. The van der Waals surface area contributed by atoms with Crippen molar-refractivity contribution < 1.29 is 14.3 Å². The zero-order valence-corrected chi connectivity index (χ0v) is 19.0. The van der Waals surface area contributed by atoms with Gasteiger partial charge in [-0.2, -0.15) is 0 Å². The minimum atomic E-state index is -0.134. The molecular formula is C23H21N3O4S2. The van der Waals surface area contributed by atoms with E-state index in [1.807, 2.05) is 48.5 Å². The van der Waals surface area contributed by atoms with Gasteiger partial charge in [0.25, 0.3) is 5.56 Å². The van der Waals surface area contributed by atoms with E-state index in [9.17, 15) is 9.59 Å². The minimum Gasteiger partial charge on any atom is -0.454 e. The lowest BCUT2D eigenvalue weighted by Crippen LogP contribution is -2.27. The fourth-order valence-electron chi connectivity index (χ4n) is 3.63. The Hall–Kier alpha value is -2.91. The molecule has 1 aromatic heterocycles. The van der Waals surface area contributed by atoms with E-state index < -0.39 is 0 Å². The Labute approximate surface area is 193 Å². The predicted octanol–water partition coefficient (Wildman–Crippen LogP) is 3.41. The molecule has 0 bridgehead atoms. The maximum Gasteiger partial charge on any atom is 0.272 e. The Morgan fingerprint density at radius 2 is 2.03 bits per heavy atom. The highest BCUT2D eigenvalue weighted by atomic mass is 32.2. The minimum absolute atomic E-state index is 0.0705. The largest absolute Gasteiger partial charge is 0.454 e. The third kappa shape index (κ3) is 4.22. The number of aromatic nitrogens is 2. The number of hydrogen-bond donors (Lipinski definition) is 1. The summed E-state index contributed by atoms with van der Waals surface area (Å²) in [6, 6.07) is 15.0. The molecule has 2 aliphatic rings. The Bertz CT molecular complexity index is 1230. The van der Waals surface area contributed by atoms with Crippen molar-refractivity contribution >= 4 is 29.4 Å². The predicted molar refractivity (Wildman–Crippen MR) is 124 cm³/mol. The topological polar surface area (TPSA) is 82.4 Å². The molecule has 0 radical (unpaired) electrons. The molecule has 32 heavy (non-hydrogen) atoms. The van der Waals surface area contributed by atoms with Crippen molar-refractivity contribution in [2.45, 2.75) is 35.2 Å². The standard InChI is InChI=1S/C23H21N3O4S2/c1-14-9-17-21(32-14)22(28)26(16-5-3-2-4-6-16)23(25-17)31-12-20(27)24-11-15-7-8-18-19(10-15)30-13-29-18/h2-8,10,14H,9,11-13H2,1H3,(H,24,27). The van der Waals surface area contributed by atoms with Gasteiger partial charge in [-0.1, -0.05) is 43.0 Å². The fourth-order valence-corrected chi connectivity index (χ4v) is 5.59. The van der Waals surface area contributed by atoms with Crippen LogP contribution in [0.15, 0.2) is 63.4 Å². The van der Waals surface area contributed by atoms with E-state index in [4.69, 9.17) is 14.5 Å². The second-order valence-corrected chi connectivity index (χ2v) is 9.92. The zero-order chi connectivity index (χ0) is 22.1. The molecule has 9 heteroatoms. The molecule has 5 rings (SSSR count). The molecule has 2 aliphatic heterocycles. The van der Waals surface area contributed by atoms with E-state index in [2.05, 4.69) is 12.2 Å². The highest BCUT2D eigenvalue weighted by Gasteiger charge is 2.27. The lowest BCUT2D eigenvalue weighted by Gasteiger charge is -2.13. The number of ether oxygens (including phenoxy) is 2. The third-order valence-corrected chi connectivity index (χ3v) is 7.31. The monoisotopic (exact) mass is 467 g/mol. The Kier molecular flexibility index (Phi) is 5.84. The average Bonchev–Trinajstić information content (AvgIpc) is 3.42. The molecule has 7 nitrogen and oxygen atoms in total. The van der Waals surface area contributed by atoms with E-state index >= 15 is 0 Å². The molecule has 2 aromatic carbocycles. The van der Waals surface area contributed by atoms with Gasteiger partial charge in [-0.15, -0.1) is 11.8 Å². The third-order valence-electron chi connectivity index (χ3n) is 5.15. The van der Waals surface area contributed by atoms with Gasteiger partial charge in [-0.05, 0) is 29.8 Å². The van der Waals surface area contributed by atoms with E-state index in [1.165, 1.54) is 11.8 Å². The molecule has 1 amide bonds. The van der Waals surface area contributed by atoms with Crippen LogP contribution in [0.4, 0.5) is 0 Å². The van der Waals surface area contributed by atoms with E-state index in [1.54, 1.807) is 16.3 Å². The summed E-state index contributed by atoms with van der Waals surface area (Å²) in [7, 11) is 0. The van der Waals surface area contributed by atoms with Crippen LogP contribution in [0.2, 0.25) is 0 Å². The molecular weight excluding hydrogens is 446 g/mol. The van der Waals surface area contributed by atoms with E-state index in [0.29, 0.717) is 33.3 Å². The van der Waals surface area contributed by atoms with Crippen LogP contribution in [0.1, 0.15) is 18.2 Å². The van der Waals surface area contributed by atoms with Crippen molar-refractivity contribution in [1.82, 2.24) is 14.9 Å². The number of nitrogens with zero attached hydrogens (tertiary/aromatic N) is 2. The van der Waals surface area contributed by atoms with Crippen LogP contribution in [0.25, 0.3) is 5.69 Å². The molecule has 1 unspecified atom stereocenters. The number of thioether (sulfide) groups is 2. The van der Waals surface area contributed by atoms with Gasteiger partial charge in [0.05, 0.1) is 22.0 Å². The first kappa shape index (κ1) is 21.0. The summed E-state index contributed by atoms with van der Waals surface area (Å²) >= 11 is 2.84. The summed E-state index contributed by atoms with van der Waals surface area (Å²) in [6.45, 7) is 2.69. The maximum atomic E-state index is 13.2. The SMILES string of the molecule is CC1Cc2nc(SCC(=O)NCc3ccc4c(c3)OCO4)n(-c3ccccc3)c(=O)c2S1. The van der Waals surface area contributed by atoms with Crippen molar-refractivity contribution in [3.8, 4) is 17.2 Å². The molecule has 1 atom stereocenters. The first-order valence-electron chi connectivity index (χ1n) is 10.2. The summed E-state index contributed by atoms with van der Waals surface area (Å²) in [5, 5.41) is 3.77. The van der Waals surface area contributed by atoms with Gasteiger partial charge >= 0.3 is 0 Å². The van der Waals surface area contributed by atoms with Crippen LogP contribution < -0.4 is 20.3 Å². The lowest BCUT2D eigenvalue weighted by atomic mass is 10.2. The second kappa shape index (κ2) is 8.91. The molecule has 164 valence electrons. The summed E-state index contributed by atoms with van der Waals surface area (Å²) in [4.78, 5) is 31.2. The van der Waals surface area contributed by atoms with Gasteiger partial charge in [0.1, 0.15) is 0 Å². The van der Waals surface area contributed by atoms with Crippen LogP contribution in [0.5, 0.6) is 11.5 Å². The van der Waals surface area contributed by atoms with Gasteiger partial charge in [0, 0.05) is 18.2 Å². The molecule has 0 saturated carbocycles. The average molecular weight is 468 g/mol. The van der Waals surface area contributed by atoms with Crippen molar-refractivity contribution in [1.29, 1.82) is 0 Å². The van der Waals surface area contributed by atoms with Crippen LogP contribution in [-0.4, -0.2) is 33.3 Å². The summed E-state index contributed by atoms with van der Waals surface area (Å²) < 4.78 is 12.3. The highest BCUT2D eigenvalue weighted by Crippen LogP contribution is 2.35. The molecule has 0 saturated heterocycles. The van der Waals surface area contributed by atoms with Crippen molar-refractivity contribution in [2.75, 3.05) is 12.5 Å². The molecule has 0 fully saturated rings. The number of amides is 1. The molecule has 0 aliphatic carbocycles. The number of rotatable bonds is 6.